The third kappa shape index (κ3) is 3.20. The van der Waals surface area contributed by atoms with Gasteiger partial charge in [-0.05, 0) is 48.6 Å². The highest BCUT2D eigenvalue weighted by Crippen LogP contribution is 2.25. The van der Waals surface area contributed by atoms with Crippen LogP contribution in [0.25, 0.3) is 11.1 Å². The Balaban J connectivity index is 1.69. The quantitative estimate of drug-likeness (QED) is 0.909. The summed E-state index contributed by atoms with van der Waals surface area (Å²) in [5.74, 6) is 0.428. The summed E-state index contributed by atoms with van der Waals surface area (Å²) in [6, 6.07) is 18.2. The molecule has 1 aliphatic rings. The number of nitrogens with two attached hydrogens (primary N) is 1. The van der Waals surface area contributed by atoms with Crippen molar-refractivity contribution < 1.29 is 4.79 Å². The Morgan fingerprint density at radius 1 is 1.00 bits per heavy atom. The second-order valence-corrected chi connectivity index (χ2v) is 5.95. The standard InChI is InChI=1S/C19H22N2O/c20-13-17-7-4-8-18(17)21-19(22)16-11-9-15(10-12-16)14-5-2-1-3-6-14/h1-3,5-6,9-12,17-18H,4,7-8,13,20H2,(H,21,22). The zero-order chi connectivity index (χ0) is 15.4. The topological polar surface area (TPSA) is 55.1 Å². The van der Waals surface area contributed by atoms with Gasteiger partial charge in [-0.1, -0.05) is 48.9 Å². The first kappa shape index (κ1) is 14.8. The fraction of sp³-hybridized carbons (Fsp3) is 0.316. The average Bonchev–Trinajstić information content (AvgIpc) is 3.03. The number of carbonyl (C=O) groups is 1. The van der Waals surface area contributed by atoms with E-state index in [-0.39, 0.29) is 11.9 Å². The van der Waals surface area contributed by atoms with Crippen LogP contribution in [0, 0.1) is 5.92 Å². The van der Waals surface area contributed by atoms with Gasteiger partial charge in [0.25, 0.3) is 5.91 Å². The lowest BCUT2D eigenvalue weighted by atomic mass is 10.0. The summed E-state index contributed by atoms with van der Waals surface area (Å²) < 4.78 is 0. The maximum atomic E-state index is 12.4. The van der Waals surface area contributed by atoms with Crippen molar-refractivity contribution in [3.63, 3.8) is 0 Å². The Labute approximate surface area is 131 Å². The molecule has 3 rings (SSSR count). The minimum absolute atomic E-state index is 0.00459. The molecule has 1 fully saturated rings. The molecule has 0 aromatic heterocycles. The third-order valence-electron chi connectivity index (χ3n) is 4.53. The predicted molar refractivity (Wildman–Crippen MR) is 89.5 cm³/mol. The highest BCUT2D eigenvalue weighted by molar-refractivity contribution is 5.94. The Bertz CT molecular complexity index is 622. The van der Waals surface area contributed by atoms with Crippen molar-refractivity contribution in [1.82, 2.24) is 5.32 Å². The monoisotopic (exact) mass is 294 g/mol. The fourth-order valence-electron chi connectivity index (χ4n) is 3.21. The van der Waals surface area contributed by atoms with Gasteiger partial charge in [-0.15, -0.1) is 0 Å². The van der Waals surface area contributed by atoms with E-state index < -0.39 is 0 Å². The number of amides is 1. The van der Waals surface area contributed by atoms with Crippen molar-refractivity contribution in [2.24, 2.45) is 11.7 Å². The average molecular weight is 294 g/mol. The SMILES string of the molecule is NCC1CCCC1NC(=O)c1ccc(-c2ccccc2)cc1. The molecule has 114 valence electrons. The first-order valence-corrected chi connectivity index (χ1v) is 7.94. The zero-order valence-corrected chi connectivity index (χ0v) is 12.7. The van der Waals surface area contributed by atoms with E-state index in [0.29, 0.717) is 18.0 Å². The molecule has 2 unspecified atom stereocenters. The lowest BCUT2D eigenvalue weighted by Gasteiger charge is -2.19. The minimum Gasteiger partial charge on any atom is -0.349 e. The molecule has 0 bridgehead atoms. The van der Waals surface area contributed by atoms with Crippen molar-refractivity contribution in [2.75, 3.05) is 6.54 Å². The zero-order valence-electron chi connectivity index (χ0n) is 12.7. The van der Waals surface area contributed by atoms with E-state index in [1.165, 1.54) is 0 Å². The van der Waals surface area contributed by atoms with Crippen LogP contribution in [0.2, 0.25) is 0 Å². The number of hydrogen-bond donors (Lipinski definition) is 2. The molecule has 2 atom stereocenters. The van der Waals surface area contributed by atoms with Gasteiger partial charge in [-0.2, -0.15) is 0 Å². The minimum atomic E-state index is 0.00459. The van der Waals surface area contributed by atoms with Gasteiger partial charge in [0.05, 0.1) is 0 Å². The second kappa shape index (κ2) is 6.75. The highest BCUT2D eigenvalue weighted by atomic mass is 16.1. The van der Waals surface area contributed by atoms with Gasteiger partial charge in [0.1, 0.15) is 0 Å². The molecule has 0 radical (unpaired) electrons. The summed E-state index contributed by atoms with van der Waals surface area (Å²) in [5, 5.41) is 3.14. The lowest BCUT2D eigenvalue weighted by molar-refractivity contribution is 0.0929. The summed E-state index contributed by atoms with van der Waals surface area (Å²) in [6.07, 6.45) is 3.31. The van der Waals surface area contributed by atoms with Gasteiger partial charge < -0.3 is 11.1 Å². The first-order chi connectivity index (χ1) is 10.8. The van der Waals surface area contributed by atoms with Crippen molar-refractivity contribution in [3.05, 3.63) is 60.2 Å². The molecule has 0 aliphatic heterocycles. The summed E-state index contributed by atoms with van der Waals surface area (Å²) >= 11 is 0. The maximum absolute atomic E-state index is 12.4. The molecule has 0 heterocycles. The largest absolute Gasteiger partial charge is 0.349 e. The second-order valence-electron chi connectivity index (χ2n) is 5.95. The molecule has 3 nitrogen and oxygen atoms in total. The first-order valence-electron chi connectivity index (χ1n) is 7.94. The van der Waals surface area contributed by atoms with E-state index in [4.69, 9.17) is 5.73 Å². The van der Waals surface area contributed by atoms with Crippen LogP contribution in [0.3, 0.4) is 0 Å². The number of carbonyl (C=O) groups excluding carboxylic acids is 1. The van der Waals surface area contributed by atoms with Crippen molar-refractivity contribution in [2.45, 2.75) is 25.3 Å². The van der Waals surface area contributed by atoms with Gasteiger partial charge in [0.2, 0.25) is 0 Å². The number of hydrogen-bond acceptors (Lipinski definition) is 2. The highest BCUT2D eigenvalue weighted by Gasteiger charge is 2.27. The normalized spacial score (nSPS) is 20.8. The molecule has 3 N–H and O–H groups in total. The van der Waals surface area contributed by atoms with E-state index in [1.54, 1.807) is 0 Å². The van der Waals surface area contributed by atoms with Crippen LogP contribution in [-0.4, -0.2) is 18.5 Å². The lowest BCUT2D eigenvalue weighted by Crippen LogP contribution is -2.39. The van der Waals surface area contributed by atoms with E-state index in [2.05, 4.69) is 17.4 Å². The summed E-state index contributed by atoms with van der Waals surface area (Å²) in [6.45, 7) is 0.651. The van der Waals surface area contributed by atoms with Crippen molar-refractivity contribution >= 4 is 5.91 Å². The van der Waals surface area contributed by atoms with Crippen LogP contribution < -0.4 is 11.1 Å². The van der Waals surface area contributed by atoms with E-state index in [9.17, 15) is 4.79 Å². The molecular weight excluding hydrogens is 272 g/mol. The molecule has 22 heavy (non-hydrogen) atoms. The van der Waals surface area contributed by atoms with Gasteiger partial charge in [0.15, 0.2) is 0 Å². The van der Waals surface area contributed by atoms with Crippen LogP contribution >= 0.6 is 0 Å². The Hall–Kier alpha value is -2.13. The molecule has 1 aliphatic carbocycles. The molecule has 3 heteroatoms. The van der Waals surface area contributed by atoms with E-state index >= 15 is 0 Å². The number of benzene rings is 2. The maximum Gasteiger partial charge on any atom is 0.251 e. The molecule has 2 aromatic rings. The van der Waals surface area contributed by atoms with E-state index in [0.717, 1.165) is 30.4 Å². The van der Waals surface area contributed by atoms with Crippen molar-refractivity contribution in [1.29, 1.82) is 0 Å². The molecular formula is C19H22N2O. The van der Waals surface area contributed by atoms with E-state index in [1.807, 2.05) is 42.5 Å². The van der Waals surface area contributed by atoms with Crippen LogP contribution in [0.5, 0.6) is 0 Å². The van der Waals surface area contributed by atoms with Crippen LogP contribution in [-0.2, 0) is 0 Å². The van der Waals surface area contributed by atoms with Crippen LogP contribution in [0.4, 0.5) is 0 Å². The van der Waals surface area contributed by atoms with Gasteiger partial charge in [-0.25, -0.2) is 0 Å². The van der Waals surface area contributed by atoms with Crippen LogP contribution in [0.15, 0.2) is 54.6 Å². The summed E-state index contributed by atoms with van der Waals surface area (Å²) in [4.78, 5) is 12.4. The van der Waals surface area contributed by atoms with Gasteiger partial charge in [-0.3, -0.25) is 4.79 Å². The number of nitrogens with one attached hydrogen (secondary N) is 1. The Morgan fingerprint density at radius 3 is 2.36 bits per heavy atom. The van der Waals surface area contributed by atoms with Crippen LogP contribution in [0.1, 0.15) is 29.6 Å². The predicted octanol–water partition coefficient (Wildman–Crippen LogP) is 3.21. The molecule has 1 saturated carbocycles. The fourth-order valence-corrected chi connectivity index (χ4v) is 3.21. The van der Waals surface area contributed by atoms with Gasteiger partial charge >= 0.3 is 0 Å². The Morgan fingerprint density at radius 2 is 1.68 bits per heavy atom. The summed E-state index contributed by atoms with van der Waals surface area (Å²) in [5.41, 5.74) is 8.77. The molecule has 2 aromatic carbocycles. The van der Waals surface area contributed by atoms with Gasteiger partial charge in [0, 0.05) is 11.6 Å². The third-order valence-corrected chi connectivity index (χ3v) is 4.53. The molecule has 1 amide bonds. The van der Waals surface area contributed by atoms with Crippen molar-refractivity contribution in [3.8, 4) is 11.1 Å². The molecule has 0 spiro atoms. The molecule has 0 saturated heterocycles. The number of rotatable bonds is 4. The Kier molecular flexibility index (Phi) is 4.54. The summed E-state index contributed by atoms with van der Waals surface area (Å²) in [7, 11) is 0. The smallest absolute Gasteiger partial charge is 0.251 e.